The Morgan fingerprint density at radius 1 is 1.29 bits per heavy atom. The summed E-state index contributed by atoms with van der Waals surface area (Å²) in [4.78, 5) is 10.1. The smallest absolute Gasteiger partial charge is 0.279 e. The maximum atomic E-state index is 12.2. The molecular formula is C11H9ClN6O2S. The monoisotopic (exact) mass is 324 g/mol. The number of aromatic amines is 1. The first-order valence-corrected chi connectivity index (χ1v) is 7.59. The average molecular weight is 325 g/mol. The van der Waals surface area contributed by atoms with Gasteiger partial charge >= 0.3 is 0 Å². The minimum absolute atomic E-state index is 0.0491. The van der Waals surface area contributed by atoms with Crippen LogP contribution in [0.2, 0.25) is 5.02 Å². The number of hydrogen-bond acceptors (Lipinski definition) is 5. The van der Waals surface area contributed by atoms with E-state index in [4.69, 9.17) is 11.6 Å². The van der Waals surface area contributed by atoms with Gasteiger partial charge in [0.15, 0.2) is 5.03 Å². The van der Waals surface area contributed by atoms with Gasteiger partial charge in [-0.05, 0) is 12.1 Å². The third-order valence-electron chi connectivity index (χ3n) is 2.64. The summed E-state index contributed by atoms with van der Waals surface area (Å²) >= 11 is 6.13. The third-order valence-corrected chi connectivity index (χ3v) is 4.24. The van der Waals surface area contributed by atoms with Crippen LogP contribution in [-0.2, 0) is 10.0 Å². The normalized spacial score (nSPS) is 11.5. The molecule has 0 unspecified atom stereocenters. The first-order chi connectivity index (χ1) is 10.1. The quantitative estimate of drug-likeness (QED) is 0.755. The molecule has 0 aliphatic carbocycles. The van der Waals surface area contributed by atoms with Crippen molar-refractivity contribution in [3.8, 4) is 5.69 Å². The van der Waals surface area contributed by atoms with E-state index >= 15 is 0 Å². The molecule has 0 aliphatic heterocycles. The van der Waals surface area contributed by atoms with Crippen molar-refractivity contribution in [2.45, 2.75) is 5.03 Å². The molecule has 1 aromatic carbocycles. The summed E-state index contributed by atoms with van der Waals surface area (Å²) in [5.74, 6) is 0. The SMILES string of the molecule is O=S(=O)(Nc1cccc(Cl)c1-n1cncn1)c1cnc[nH]1. The molecule has 8 nitrogen and oxygen atoms in total. The van der Waals surface area contributed by atoms with Crippen LogP contribution in [0, 0.1) is 0 Å². The lowest BCUT2D eigenvalue weighted by atomic mass is 10.3. The van der Waals surface area contributed by atoms with Crippen LogP contribution in [0.5, 0.6) is 0 Å². The number of sulfonamides is 1. The highest BCUT2D eigenvalue weighted by Gasteiger charge is 2.19. The average Bonchev–Trinajstić information content (AvgIpc) is 3.12. The Morgan fingerprint density at radius 2 is 2.14 bits per heavy atom. The van der Waals surface area contributed by atoms with Crippen molar-refractivity contribution in [2.24, 2.45) is 0 Å². The Bertz CT molecular complexity index is 845. The zero-order valence-corrected chi connectivity index (χ0v) is 12.0. The number of aromatic nitrogens is 5. The molecule has 0 bridgehead atoms. The molecule has 0 amide bonds. The molecule has 3 rings (SSSR count). The van der Waals surface area contributed by atoms with Crippen molar-refractivity contribution in [1.29, 1.82) is 0 Å². The Labute approximate surface area is 124 Å². The first-order valence-electron chi connectivity index (χ1n) is 5.72. The predicted molar refractivity (Wildman–Crippen MR) is 75.8 cm³/mol. The zero-order chi connectivity index (χ0) is 14.9. The summed E-state index contributed by atoms with van der Waals surface area (Å²) in [5.41, 5.74) is 0.669. The number of benzene rings is 1. The summed E-state index contributed by atoms with van der Waals surface area (Å²) < 4.78 is 28.3. The van der Waals surface area contributed by atoms with E-state index in [2.05, 4.69) is 24.8 Å². The van der Waals surface area contributed by atoms with Gasteiger partial charge in [-0.2, -0.15) is 13.5 Å². The molecular weight excluding hydrogens is 316 g/mol. The molecule has 3 aromatic rings. The standard InChI is InChI=1S/C11H9ClN6O2S/c12-8-2-1-3-9(11(8)18-7-14-6-16-18)17-21(19,20)10-4-13-5-15-10/h1-7,17H,(H,13,15). The fourth-order valence-corrected chi connectivity index (χ4v) is 2.98. The molecule has 2 N–H and O–H groups in total. The van der Waals surface area contributed by atoms with Crippen molar-refractivity contribution in [1.82, 2.24) is 24.7 Å². The lowest BCUT2D eigenvalue weighted by molar-refractivity contribution is 0.598. The summed E-state index contributed by atoms with van der Waals surface area (Å²) in [7, 11) is -3.79. The number of rotatable bonds is 4. The largest absolute Gasteiger partial charge is 0.334 e. The van der Waals surface area contributed by atoms with Crippen molar-refractivity contribution in [3.63, 3.8) is 0 Å². The van der Waals surface area contributed by atoms with Crippen LogP contribution >= 0.6 is 11.6 Å². The maximum absolute atomic E-state index is 12.2. The summed E-state index contributed by atoms with van der Waals surface area (Å²) in [6.45, 7) is 0. The first kappa shape index (κ1) is 13.6. The summed E-state index contributed by atoms with van der Waals surface area (Å²) in [6, 6.07) is 4.84. The second kappa shape index (κ2) is 5.19. The highest BCUT2D eigenvalue weighted by Crippen LogP contribution is 2.29. The minimum atomic E-state index is -3.79. The van der Waals surface area contributed by atoms with Gasteiger partial charge < -0.3 is 4.98 Å². The molecule has 0 aliphatic rings. The number of H-pyrrole nitrogens is 1. The van der Waals surface area contributed by atoms with E-state index in [1.807, 2.05) is 0 Å². The zero-order valence-electron chi connectivity index (χ0n) is 10.4. The van der Waals surface area contributed by atoms with Crippen LogP contribution in [-0.4, -0.2) is 33.2 Å². The van der Waals surface area contributed by atoms with Gasteiger partial charge in [0.05, 0.1) is 23.2 Å². The molecule has 0 atom stereocenters. The van der Waals surface area contributed by atoms with Gasteiger partial charge in [0, 0.05) is 0 Å². The molecule has 0 radical (unpaired) electrons. The van der Waals surface area contributed by atoms with Crippen LogP contribution in [0.4, 0.5) is 5.69 Å². The lowest BCUT2D eigenvalue weighted by Crippen LogP contribution is -2.15. The topological polar surface area (TPSA) is 106 Å². The molecule has 2 aromatic heterocycles. The van der Waals surface area contributed by atoms with Crippen LogP contribution in [0.15, 0.2) is 48.4 Å². The highest BCUT2D eigenvalue weighted by atomic mass is 35.5. The van der Waals surface area contributed by atoms with Gasteiger partial charge in [0.25, 0.3) is 10.0 Å². The van der Waals surface area contributed by atoms with Gasteiger partial charge in [-0.1, -0.05) is 17.7 Å². The van der Waals surface area contributed by atoms with Crippen LogP contribution in [0.25, 0.3) is 5.69 Å². The Morgan fingerprint density at radius 3 is 2.81 bits per heavy atom. The van der Waals surface area contributed by atoms with Crippen LogP contribution in [0.3, 0.4) is 0 Å². The van der Waals surface area contributed by atoms with Gasteiger partial charge in [-0.15, -0.1) is 0 Å². The second-order valence-corrected chi connectivity index (χ2v) is 6.06. The number of nitrogens with one attached hydrogen (secondary N) is 2. The van der Waals surface area contributed by atoms with Crippen LogP contribution < -0.4 is 4.72 Å². The van der Waals surface area contributed by atoms with Gasteiger partial charge in [-0.3, -0.25) is 4.72 Å². The molecule has 108 valence electrons. The number of nitrogens with zero attached hydrogens (tertiary/aromatic N) is 4. The maximum Gasteiger partial charge on any atom is 0.279 e. The Kier molecular flexibility index (Phi) is 3.35. The van der Waals surface area contributed by atoms with Gasteiger partial charge in [0.2, 0.25) is 0 Å². The molecule has 10 heteroatoms. The van der Waals surface area contributed by atoms with E-state index in [1.165, 1.54) is 29.9 Å². The minimum Gasteiger partial charge on any atom is -0.334 e. The number of para-hydroxylation sites is 1. The van der Waals surface area contributed by atoms with E-state index in [0.29, 0.717) is 10.7 Å². The number of halogens is 1. The number of hydrogen-bond donors (Lipinski definition) is 2. The van der Waals surface area contributed by atoms with Crippen molar-refractivity contribution >= 4 is 27.3 Å². The highest BCUT2D eigenvalue weighted by molar-refractivity contribution is 7.92. The van der Waals surface area contributed by atoms with Gasteiger partial charge in [0.1, 0.15) is 18.3 Å². The fraction of sp³-hybridized carbons (Fsp3) is 0. The van der Waals surface area contributed by atoms with Crippen molar-refractivity contribution in [2.75, 3.05) is 4.72 Å². The van der Waals surface area contributed by atoms with E-state index in [9.17, 15) is 8.42 Å². The molecule has 0 saturated heterocycles. The molecule has 21 heavy (non-hydrogen) atoms. The van der Waals surface area contributed by atoms with E-state index in [0.717, 1.165) is 0 Å². The lowest BCUT2D eigenvalue weighted by Gasteiger charge is -2.12. The van der Waals surface area contributed by atoms with Crippen molar-refractivity contribution < 1.29 is 8.42 Å². The molecule has 0 fully saturated rings. The Hall–Kier alpha value is -2.39. The third kappa shape index (κ3) is 2.60. The summed E-state index contributed by atoms with van der Waals surface area (Å²) in [5, 5.41) is 4.26. The fourth-order valence-electron chi connectivity index (χ4n) is 1.74. The van der Waals surface area contributed by atoms with Crippen LogP contribution in [0.1, 0.15) is 0 Å². The molecule has 0 saturated carbocycles. The Balaban J connectivity index is 2.07. The van der Waals surface area contributed by atoms with Crippen molar-refractivity contribution in [3.05, 3.63) is 48.4 Å². The van der Waals surface area contributed by atoms with E-state index in [-0.39, 0.29) is 10.7 Å². The predicted octanol–water partition coefficient (Wildman–Crippen LogP) is 1.44. The molecule has 2 heterocycles. The summed E-state index contributed by atoms with van der Waals surface area (Å²) in [6.07, 6.45) is 5.25. The number of anilines is 1. The second-order valence-electron chi connectivity index (χ2n) is 4.00. The van der Waals surface area contributed by atoms with E-state index in [1.54, 1.807) is 18.2 Å². The van der Waals surface area contributed by atoms with E-state index < -0.39 is 10.0 Å². The van der Waals surface area contributed by atoms with Gasteiger partial charge in [-0.25, -0.2) is 14.6 Å². The molecule has 0 spiro atoms. The number of imidazole rings is 1.